The number of nitrogens with zero attached hydrogens (tertiary/aromatic N) is 2. The summed E-state index contributed by atoms with van der Waals surface area (Å²) in [5.41, 5.74) is -2.13. The van der Waals surface area contributed by atoms with E-state index >= 15 is 0 Å². The fourth-order valence-corrected chi connectivity index (χ4v) is 5.33. The van der Waals surface area contributed by atoms with Crippen LogP contribution < -0.4 is 10.6 Å². The molecule has 1 fully saturated rings. The van der Waals surface area contributed by atoms with Gasteiger partial charge in [-0.2, -0.15) is 0 Å². The molecule has 4 atom stereocenters. The summed E-state index contributed by atoms with van der Waals surface area (Å²) in [6, 6.07) is -0.654. The Bertz CT molecular complexity index is 1670. The molecule has 0 spiro atoms. The number of hydrogen-bond donors (Lipinski definition) is 2. The van der Waals surface area contributed by atoms with Gasteiger partial charge in [-0.3, -0.25) is 24.0 Å². The van der Waals surface area contributed by atoms with E-state index < -0.39 is 53.1 Å². The quantitative estimate of drug-likeness (QED) is 0.0894. The van der Waals surface area contributed by atoms with E-state index in [-0.39, 0.29) is 45.3 Å². The van der Waals surface area contributed by atoms with Crippen LogP contribution in [0.3, 0.4) is 0 Å². The topological polar surface area (TPSA) is 185 Å². The lowest BCUT2D eigenvalue weighted by molar-refractivity contribution is -0.165. The molecular weight excluding hydrogens is 736 g/mol. The maximum absolute atomic E-state index is 13.6. The minimum atomic E-state index is -1.78. The molecule has 1 aliphatic heterocycles. The number of esters is 2. The molecule has 0 bridgehead atoms. The lowest BCUT2D eigenvalue weighted by Gasteiger charge is -2.37. The fraction of sp³-hybridized carbons (Fsp3) is 0.476. The highest BCUT2D eigenvalue weighted by atomic mass is 16.7. The number of carbonyl (C=O) groups excluding carboxylic acids is 5. The molecule has 0 radical (unpaired) electrons. The third-order valence-corrected chi connectivity index (χ3v) is 8.83. The molecule has 4 unspecified atom stereocenters. The van der Waals surface area contributed by atoms with Gasteiger partial charge in [-0.25, -0.2) is 4.98 Å². The molecule has 0 aromatic carbocycles. The summed E-state index contributed by atoms with van der Waals surface area (Å²) in [4.78, 5) is 68.9. The first kappa shape index (κ1) is 47.8. The van der Waals surface area contributed by atoms with Crippen LogP contribution in [0.15, 0.2) is 102 Å². The van der Waals surface area contributed by atoms with Gasteiger partial charge in [0.05, 0.1) is 23.8 Å². The number of ether oxygens (including phenoxy) is 5. The van der Waals surface area contributed by atoms with Crippen molar-refractivity contribution in [3.05, 3.63) is 103 Å². The number of amides is 3. The molecule has 3 amide bonds. The predicted molar refractivity (Wildman–Crippen MR) is 213 cm³/mol. The molecule has 2 N–H and O–H groups in total. The summed E-state index contributed by atoms with van der Waals surface area (Å²) < 4.78 is 32.5. The monoisotopic (exact) mass is 794 g/mol. The van der Waals surface area contributed by atoms with E-state index in [1.165, 1.54) is 37.6 Å². The molecule has 1 aromatic rings. The van der Waals surface area contributed by atoms with E-state index in [4.69, 9.17) is 28.1 Å². The summed E-state index contributed by atoms with van der Waals surface area (Å²) >= 11 is 0. The molecule has 1 aromatic heterocycles. The molecule has 1 aliphatic rings. The zero-order chi connectivity index (χ0) is 42.3. The molecule has 2 heterocycles. The first-order valence-corrected chi connectivity index (χ1v) is 18.7. The van der Waals surface area contributed by atoms with E-state index in [0.717, 1.165) is 5.76 Å². The van der Waals surface area contributed by atoms with Crippen molar-refractivity contribution in [2.24, 2.45) is 5.41 Å². The Hall–Kier alpha value is -5.38. The molecule has 2 rings (SSSR count). The zero-order valence-electron chi connectivity index (χ0n) is 34.2. The minimum absolute atomic E-state index is 0.101. The van der Waals surface area contributed by atoms with Gasteiger partial charge in [0, 0.05) is 46.0 Å². The Labute approximate surface area is 335 Å². The van der Waals surface area contributed by atoms with Crippen molar-refractivity contribution in [3.8, 4) is 0 Å². The number of likely N-dealkylation sites (N-methyl/N-ethyl adjacent to an activating group) is 1. The van der Waals surface area contributed by atoms with Crippen LogP contribution in [0.2, 0.25) is 0 Å². The van der Waals surface area contributed by atoms with Gasteiger partial charge in [0.2, 0.25) is 17.5 Å². The van der Waals surface area contributed by atoms with Crippen LogP contribution in [-0.2, 0) is 54.1 Å². The van der Waals surface area contributed by atoms with Crippen molar-refractivity contribution >= 4 is 29.7 Å². The fourth-order valence-electron chi connectivity index (χ4n) is 5.33. The second-order valence-electron chi connectivity index (χ2n) is 13.5. The summed E-state index contributed by atoms with van der Waals surface area (Å²) in [6.07, 6.45) is 25.0. The van der Waals surface area contributed by atoms with Crippen LogP contribution in [-0.4, -0.2) is 104 Å². The van der Waals surface area contributed by atoms with Gasteiger partial charge in [0.15, 0.2) is 13.2 Å². The van der Waals surface area contributed by atoms with Gasteiger partial charge < -0.3 is 43.6 Å². The number of hydrogen-bond acceptors (Lipinski definition) is 12. The maximum Gasteiger partial charge on any atom is 0.306 e. The maximum atomic E-state index is 13.6. The molecule has 312 valence electrons. The summed E-state index contributed by atoms with van der Waals surface area (Å²) in [6.45, 7) is 10.1. The third kappa shape index (κ3) is 15.9. The average Bonchev–Trinajstić information content (AvgIpc) is 3.91. The number of rotatable bonds is 23. The van der Waals surface area contributed by atoms with Crippen LogP contribution in [0.25, 0.3) is 0 Å². The number of methoxy groups -OCH3 is 1. The SMILES string of the molecule is CCC(=O)OCC(C(C)OC)N(C)C(=O)C1(NC(=O)/C=C/C=C/C=C/C=C\CNC(=O)C(C)(C)C(OC(=O)CC)\C(C)=C/C=C\C=C\Cc2cnco2)COCO1. The van der Waals surface area contributed by atoms with Gasteiger partial charge in [-0.05, 0) is 33.3 Å². The van der Waals surface area contributed by atoms with Crippen LogP contribution in [0.5, 0.6) is 0 Å². The van der Waals surface area contributed by atoms with E-state index in [1.54, 1.807) is 77.3 Å². The summed E-state index contributed by atoms with van der Waals surface area (Å²) in [5, 5.41) is 5.48. The Morgan fingerprint density at radius 3 is 2.28 bits per heavy atom. The summed E-state index contributed by atoms with van der Waals surface area (Å²) in [5.74, 6) is -1.55. The highest BCUT2D eigenvalue weighted by Crippen LogP contribution is 2.30. The van der Waals surface area contributed by atoms with Crippen LogP contribution in [0.1, 0.15) is 60.1 Å². The number of carbonyl (C=O) groups is 5. The number of aromatic nitrogens is 1. The molecule has 15 nitrogen and oxygen atoms in total. The average molecular weight is 795 g/mol. The Morgan fingerprint density at radius 2 is 1.65 bits per heavy atom. The van der Waals surface area contributed by atoms with E-state index in [0.29, 0.717) is 12.0 Å². The van der Waals surface area contributed by atoms with Crippen molar-refractivity contribution in [2.45, 2.75) is 84.8 Å². The highest BCUT2D eigenvalue weighted by molar-refractivity contribution is 5.95. The molecule has 0 aliphatic carbocycles. The van der Waals surface area contributed by atoms with Crippen molar-refractivity contribution < 1.29 is 52.1 Å². The van der Waals surface area contributed by atoms with Gasteiger partial charge in [0.1, 0.15) is 25.1 Å². The lowest BCUT2D eigenvalue weighted by atomic mass is 9.81. The Morgan fingerprint density at radius 1 is 0.982 bits per heavy atom. The van der Waals surface area contributed by atoms with Gasteiger partial charge in [0.25, 0.3) is 5.91 Å². The molecule has 15 heteroatoms. The number of oxazole rings is 1. The van der Waals surface area contributed by atoms with Gasteiger partial charge in [-0.15, -0.1) is 0 Å². The van der Waals surface area contributed by atoms with Crippen molar-refractivity contribution in [2.75, 3.05) is 40.7 Å². The molecule has 0 saturated carbocycles. The number of nitrogens with one attached hydrogen (secondary N) is 2. The van der Waals surface area contributed by atoms with Crippen molar-refractivity contribution in [3.63, 3.8) is 0 Å². The van der Waals surface area contributed by atoms with Crippen LogP contribution in [0, 0.1) is 5.41 Å². The highest BCUT2D eigenvalue weighted by Gasteiger charge is 2.49. The van der Waals surface area contributed by atoms with Crippen molar-refractivity contribution in [1.29, 1.82) is 0 Å². The molecule has 57 heavy (non-hydrogen) atoms. The smallest absolute Gasteiger partial charge is 0.306 e. The molecule has 1 saturated heterocycles. The van der Waals surface area contributed by atoms with Crippen molar-refractivity contribution in [1.82, 2.24) is 20.5 Å². The lowest BCUT2D eigenvalue weighted by Crippen LogP contribution is -2.63. The number of allylic oxidation sites excluding steroid dienone is 11. The third-order valence-electron chi connectivity index (χ3n) is 8.83. The first-order valence-electron chi connectivity index (χ1n) is 18.7. The second kappa shape index (κ2) is 25.0. The van der Waals surface area contributed by atoms with Gasteiger partial charge >= 0.3 is 11.9 Å². The zero-order valence-corrected chi connectivity index (χ0v) is 34.2. The van der Waals surface area contributed by atoms with Crippen LogP contribution >= 0.6 is 0 Å². The van der Waals surface area contributed by atoms with Crippen LogP contribution in [0.4, 0.5) is 0 Å². The first-order chi connectivity index (χ1) is 27.2. The van der Waals surface area contributed by atoms with E-state index in [1.807, 2.05) is 37.3 Å². The standard InChI is InChI=1S/C42H58N4O11/c1-9-36(48)54-27-34(32(4)52-8)46(7)40(51)42(28-53-30-56-42)45-35(47)24-20-14-12-11-13-17-21-25-44-39(50)41(5,6)38(57-37(49)10-2)31(3)22-18-15-16-19-23-33-26-43-29-55-33/h11-22,24,26,29,32,34,38H,9-10,23,25,27-28,30H2,1-8H3,(H,44,50)(H,45,47)/b13-11+,14-12+,18-15-,19-16+,21-17-,24-20+,31-22-. The largest absolute Gasteiger partial charge is 0.463 e. The Kier molecular flexibility index (Phi) is 20.9. The van der Waals surface area contributed by atoms with E-state index in [9.17, 15) is 24.0 Å². The summed E-state index contributed by atoms with van der Waals surface area (Å²) in [7, 11) is 2.99. The van der Waals surface area contributed by atoms with E-state index in [2.05, 4.69) is 15.6 Å². The second-order valence-corrected chi connectivity index (χ2v) is 13.5. The van der Waals surface area contributed by atoms with Gasteiger partial charge in [-0.1, -0.05) is 86.8 Å². The Balaban J connectivity index is 1.92. The molecular formula is C42H58N4O11. The normalized spacial score (nSPS) is 18.2. The predicted octanol–water partition coefficient (Wildman–Crippen LogP) is 4.60. The minimum Gasteiger partial charge on any atom is -0.463 e.